The molecule has 3 atom stereocenters. The Morgan fingerprint density at radius 3 is 2.14 bits per heavy atom. The van der Waals surface area contributed by atoms with Gasteiger partial charge in [0, 0.05) is 12.6 Å². The molecule has 4 aliphatic carbocycles. The molecule has 1 aliphatic heterocycles. The van der Waals surface area contributed by atoms with Gasteiger partial charge in [-0.15, -0.1) is 0 Å². The van der Waals surface area contributed by atoms with Crippen molar-refractivity contribution in [2.24, 2.45) is 16.7 Å². The maximum absolute atomic E-state index is 12.2. The summed E-state index contributed by atoms with van der Waals surface area (Å²) in [6.07, 6.45) is 7.92. The number of carbonyl (C=O) groups excluding carboxylic acids is 2. The minimum absolute atomic E-state index is 0.0361. The molecule has 1 N–H and O–H groups in total. The van der Waals surface area contributed by atoms with Crippen LogP contribution in [0.3, 0.4) is 0 Å². The van der Waals surface area contributed by atoms with Crippen LogP contribution >= 0.6 is 0 Å². The Kier molecular flexibility index (Phi) is 2.55. The topological polar surface area (TPSA) is 49.4 Å². The minimum Gasteiger partial charge on any atom is -0.300 e. The lowest BCUT2D eigenvalue weighted by atomic mass is 9.42. The number of hydrogen-bond acceptors (Lipinski definition) is 3. The van der Waals surface area contributed by atoms with Crippen LogP contribution in [-0.2, 0) is 9.59 Å². The maximum Gasteiger partial charge on any atom is 0.246 e. The summed E-state index contributed by atoms with van der Waals surface area (Å²) in [5, 5.41) is 3.67. The van der Waals surface area contributed by atoms with Crippen molar-refractivity contribution in [2.45, 2.75) is 70.4 Å². The van der Waals surface area contributed by atoms with E-state index in [0.29, 0.717) is 17.3 Å². The van der Waals surface area contributed by atoms with Crippen molar-refractivity contribution < 1.29 is 9.59 Å². The van der Waals surface area contributed by atoms with Gasteiger partial charge in [0.05, 0.1) is 12.5 Å². The molecule has 0 aromatic carbocycles. The Hall–Kier alpha value is -0.900. The van der Waals surface area contributed by atoms with Gasteiger partial charge in [-0.25, -0.2) is 0 Å². The number of likely N-dealkylation sites (N-methyl/N-ethyl adjacent to an activating group) is 1. The number of imide groups is 1. The fraction of sp³-hybridized carbons (Fsp3) is 0.882. The molecule has 5 fully saturated rings. The fourth-order valence-corrected chi connectivity index (χ4v) is 6.85. The third kappa shape index (κ3) is 1.98. The Morgan fingerprint density at radius 2 is 1.67 bits per heavy atom. The number of nitrogens with one attached hydrogen (secondary N) is 1. The number of likely N-dealkylation sites (tertiary alicyclic amines) is 1. The molecule has 0 spiro atoms. The summed E-state index contributed by atoms with van der Waals surface area (Å²) in [5.74, 6) is 0.722. The Labute approximate surface area is 126 Å². The van der Waals surface area contributed by atoms with Crippen LogP contribution in [0.5, 0.6) is 0 Å². The standard InChI is InChI=1S/C17H26N2O2/c1-15-5-11-6-16(2,8-15)10-17(7-11,9-15)18-12-4-13(20)19(3)14(12)21/h11-12,18H,4-10H2,1-3H3. The van der Waals surface area contributed by atoms with Crippen LogP contribution in [0.4, 0.5) is 0 Å². The van der Waals surface area contributed by atoms with Crippen LogP contribution in [0.25, 0.3) is 0 Å². The number of hydrogen-bond donors (Lipinski definition) is 1. The number of nitrogens with zero attached hydrogens (tertiary/aromatic N) is 1. The van der Waals surface area contributed by atoms with Gasteiger partial charge < -0.3 is 0 Å². The summed E-state index contributed by atoms with van der Waals surface area (Å²) >= 11 is 0. The lowest BCUT2D eigenvalue weighted by molar-refractivity contribution is -0.140. The lowest BCUT2D eigenvalue weighted by Crippen LogP contribution is -2.66. The van der Waals surface area contributed by atoms with Crippen molar-refractivity contribution in [3.05, 3.63) is 0 Å². The summed E-state index contributed by atoms with van der Waals surface area (Å²) in [6.45, 7) is 4.86. The van der Waals surface area contributed by atoms with E-state index < -0.39 is 0 Å². The summed E-state index contributed by atoms with van der Waals surface area (Å²) in [7, 11) is 1.61. The zero-order valence-electron chi connectivity index (χ0n) is 13.4. The van der Waals surface area contributed by atoms with Crippen LogP contribution in [0.15, 0.2) is 0 Å². The van der Waals surface area contributed by atoms with Crippen LogP contribution < -0.4 is 5.32 Å². The van der Waals surface area contributed by atoms with Crippen molar-refractivity contribution in [1.29, 1.82) is 0 Å². The molecule has 1 heterocycles. The second-order valence-corrected chi connectivity index (χ2v) is 9.10. The molecular formula is C17H26N2O2. The monoisotopic (exact) mass is 290 g/mol. The summed E-state index contributed by atoms with van der Waals surface area (Å²) in [6, 6.07) is -0.286. The highest BCUT2D eigenvalue weighted by Gasteiger charge is 2.61. The van der Waals surface area contributed by atoms with Crippen LogP contribution in [0.2, 0.25) is 0 Å². The van der Waals surface area contributed by atoms with E-state index in [4.69, 9.17) is 0 Å². The van der Waals surface area contributed by atoms with E-state index in [0.717, 1.165) is 5.92 Å². The zero-order chi connectivity index (χ0) is 15.0. The highest BCUT2D eigenvalue weighted by atomic mass is 16.2. The normalized spacial score (nSPS) is 52.0. The molecule has 4 bridgehead atoms. The molecule has 4 nitrogen and oxygen atoms in total. The van der Waals surface area contributed by atoms with Crippen molar-refractivity contribution in [1.82, 2.24) is 10.2 Å². The molecule has 1 saturated heterocycles. The highest BCUT2D eigenvalue weighted by Crippen LogP contribution is 2.66. The van der Waals surface area contributed by atoms with Gasteiger partial charge in [-0.05, 0) is 55.3 Å². The smallest absolute Gasteiger partial charge is 0.246 e. The molecule has 4 heteroatoms. The molecule has 5 aliphatic rings. The number of rotatable bonds is 2. The van der Waals surface area contributed by atoms with Gasteiger partial charge >= 0.3 is 0 Å². The first kappa shape index (κ1) is 13.7. The van der Waals surface area contributed by atoms with Gasteiger partial charge in [0.2, 0.25) is 11.8 Å². The molecule has 4 saturated carbocycles. The van der Waals surface area contributed by atoms with Gasteiger partial charge in [-0.1, -0.05) is 13.8 Å². The van der Waals surface area contributed by atoms with Crippen molar-refractivity contribution in [3.63, 3.8) is 0 Å². The largest absolute Gasteiger partial charge is 0.300 e. The van der Waals surface area contributed by atoms with Crippen LogP contribution in [0, 0.1) is 16.7 Å². The van der Waals surface area contributed by atoms with Gasteiger partial charge in [-0.2, -0.15) is 0 Å². The van der Waals surface area contributed by atoms with E-state index >= 15 is 0 Å². The summed E-state index contributed by atoms with van der Waals surface area (Å²) in [4.78, 5) is 25.3. The highest BCUT2D eigenvalue weighted by molar-refractivity contribution is 6.05. The molecule has 0 radical (unpaired) electrons. The van der Waals surface area contributed by atoms with Crippen molar-refractivity contribution in [2.75, 3.05) is 7.05 Å². The minimum atomic E-state index is -0.286. The number of carbonyl (C=O) groups is 2. The third-order valence-corrected chi connectivity index (χ3v) is 6.49. The van der Waals surface area contributed by atoms with Gasteiger partial charge in [-0.3, -0.25) is 19.8 Å². The van der Waals surface area contributed by atoms with E-state index in [1.807, 2.05) is 0 Å². The number of amides is 2. The molecule has 0 aromatic heterocycles. The second kappa shape index (κ2) is 3.89. The second-order valence-electron chi connectivity index (χ2n) is 9.10. The Balaban J connectivity index is 1.60. The van der Waals surface area contributed by atoms with E-state index in [1.54, 1.807) is 7.05 Å². The van der Waals surface area contributed by atoms with Crippen LogP contribution in [-0.4, -0.2) is 35.3 Å². The zero-order valence-corrected chi connectivity index (χ0v) is 13.4. The molecule has 21 heavy (non-hydrogen) atoms. The SMILES string of the molecule is CN1C(=O)CC(NC23CC4CC(C)(CC(C)(C4)C2)C3)C1=O. The van der Waals surface area contributed by atoms with Crippen molar-refractivity contribution >= 4 is 11.8 Å². The lowest BCUT2D eigenvalue weighted by Gasteiger charge is -2.66. The van der Waals surface area contributed by atoms with Crippen molar-refractivity contribution in [3.8, 4) is 0 Å². The maximum atomic E-state index is 12.2. The molecule has 116 valence electrons. The predicted octanol–water partition coefficient (Wildman–Crippen LogP) is 2.08. The molecule has 5 rings (SSSR count). The average Bonchev–Trinajstić information content (AvgIpc) is 2.51. The first-order chi connectivity index (χ1) is 9.72. The quantitative estimate of drug-likeness (QED) is 0.792. The molecule has 2 amide bonds. The Bertz CT molecular complexity index is 511. The van der Waals surface area contributed by atoms with Crippen LogP contribution in [0.1, 0.15) is 58.8 Å². The summed E-state index contributed by atoms with van der Waals surface area (Å²) < 4.78 is 0. The molecule has 0 aromatic rings. The van der Waals surface area contributed by atoms with E-state index in [-0.39, 0.29) is 23.4 Å². The molecular weight excluding hydrogens is 264 g/mol. The van der Waals surface area contributed by atoms with Gasteiger partial charge in [0.1, 0.15) is 0 Å². The van der Waals surface area contributed by atoms with Gasteiger partial charge in [0.25, 0.3) is 0 Å². The predicted molar refractivity (Wildman–Crippen MR) is 79.5 cm³/mol. The van der Waals surface area contributed by atoms with E-state index in [2.05, 4.69) is 19.2 Å². The first-order valence-corrected chi connectivity index (χ1v) is 8.30. The first-order valence-electron chi connectivity index (χ1n) is 8.30. The average molecular weight is 290 g/mol. The van der Waals surface area contributed by atoms with E-state index in [9.17, 15) is 9.59 Å². The Morgan fingerprint density at radius 1 is 1.05 bits per heavy atom. The van der Waals surface area contributed by atoms with Gasteiger partial charge in [0.15, 0.2) is 0 Å². The third-order valence-electron chi connectivity index (χ3n) is 6.49. The van der Waals surface area contributed by atoms with E-state index in [1.165, 1.54) is 43.4 Å². The molecule has 3 unspecified atom stereocenters. The fourth-order valence-electron chi connectivity index (χ4n) is 6.85. The summed E-state index contributed by atoms with van der Waals surface area (Å²) in [5.41, 5.74) is 0.951.